The molecule has 4 rings (SSSR count). The molecule has 0 aliphatic carbocycles. The molecule has 0 radical (unpaired) electrons. The lowest BCUT2D eigenvalue weighted by Crippen LogP contribution is -2.48. The molecule has 146 valence electrons. The van der Waals surface area contributed by atoms with Crippen LogP contribution in [0.4, 0.5) is 11.8 Å². The van der Waals surface area contributed by atoms with Crippen LogP contribution in [0.5, 0.6) is 0 Å². The second-order valence-electron chi connectivity index (χ2n) is 7.08. The van der Waals surface area contributed by atoms with Gasteiger partial charge in [0, 0.05) is 56.6 Å². The highest BCUT2D eigenvalue weighted by atomic mass is 35.5. The van der Waals surface area contributed by atoms with Gasteiger partial charge in [-0.05, 0) is 36.6 Å². The van der Waals surface area contributed by atoms with Crippen LogP contribution in [0.1, 0.15) is 18.4 Å². The van der Waals surface area contributed by atoms with Crippen LogP contribution < -0.4 is 9.80 Å². The van der Waals surface area contributed by atoms with E-state index in [-0.39, 0.29) is 5.91 Å². The van der Waals surface area contributed by atoms with E-state index in [1.807, 2.05) is 41.4 Å². The second-order valence-corrected chi connectivity index (χ2v) is 7.48. The molecule has 0 unspecified atom stereocenters. The van der Waals surface area contributed by atoms with Crippen LogP contribution in [0.25, 0.3) is 6.08 Å². The van der Waals surface area contributed by atoms with Gasteiger partial charge in [0.1, 0.15) is 5.82 Å². The van der Waals surface area contributed by atoms with Crippen molar-refractivity contribution in [2.45, 2.75) is 12.8 Å². The average molecular weight is 398 g/mol. The number of halogens is 1. The summed E-state index contributed by atoms with van der Waals surface area (Å²) in [7, 11) is 0. The summed E-state index contributed by atoms with van der Waals surface area (Å²) in [5.41, 5.74) is 0.853. The molecule has 0 spiro atoms. The highest BCUT2D eigenvalue weighted by Gasteiger charge is 2.22. The summed E-state index contributed by atoms with van der Waals surface area (Å²) < 4.78 is 0. The zero-order chi connectivity index (χ0) is 19.3. The Morgan fingerprint density at radius 2 is 1.71 bits per heavy atom. The van der Waals surface area contributed by atoms with Crippen molar-refractivity contribution in [2.24, 2.45) is 0 Å². The predicted octanol–water partition coefficient (Wildman–Crippen LogP) is 3.09. The first-order valence-corrected chi connectivity index (χ1v) is 10.1. The minimum absolute atomic E-state index is 0.0139. The summed E-state index contributed by atoms with van der Waals surface area (Å²) in [6.07, 6.45) is 7.63. The van der Waals surface area contributed by atoms with Gasteiger partial charge in [0.25, 0.3) is 0 Å². The first-order valence-electron chi connectivity index (χ1n) is 9.75. The summed E-state index contributed by atoms with van der Waals surface area (Å²) in [5, 5.41) is 0.647. The Morgan fingerprint density at radius 1 is 0.964 bits per heavy atom. The molecule has 0 bridgehead atoms. The summed E-state index contributed by atoms with van der Waals surface area (Å²) >= 11 is 6.14. The molecule has 7 heteroatoms. The van der Waals surface area contributed by atoms with E-state index < -0.39 is 0 Å². The van der Waals surface area contributed by atoms with E-state index >= 15 is 0 Å². The topological polar surface area (TPSA) is 52.6 Å². The fraction of sp³-hybridized carbons (Fsp3) is 0.381. The van der Waals surface area contributed by atoms with Gasteiger partial charge >= 0.3 is 0 Å². The molecular weight excluding hydrogens is 374 g/mol. The van der Waals surface area contributed by atoms with Gasteiger partial charge in [0.2, 0.25) is 11.9 Å². The third-order valence-electron chi connectivity index (χ3n) is 5.24. The summed E-state index contributed by atoms with van der Waals surface area (Å²) in [6.45, 7) is 4.95. The highest BCUT2D eigenvalue weighted by Crippen LogP contribution is 2.20. The van der Waals surface area contributed by atoms with E-state index in [4.69, 9.17) is 16.6 Å². The molecule has 1 amide bonds. The van der Waals surface area contributed by atoms with Crippen LogP contribution in [-0.2, 0) is 4.79 Å². The number of carbonyl (C=O) groups is 1. The number of anilines is 2. The van der Waals surface area contributed by atoms with Crippen LogP contribution in [0.15, 0.2) is 42.6 Å². The first kappa shape index (κ1) is 18.7. The van der Waals surface area contributed by atoms with Crippen molar-refractivity contribution in [3.8, 4) is 0 Å². The molecule has 3 heterocycles. The number of piperazine rings is 1. The molecule has 2 aliphatic rings. The predicted molar refractivity (Wildman–Crippen MR) is 113 cm³/mol. The minimum atomic E-state index is 0.0139. The summed E-state index contributed by atoms with van der Waals surface area (Å²) in [6, 6.07) is 9.46. The Kier molecular flexibility index (Phi) is 5.76. The molecule has 2 aromatic rings. The van der Waals surface area contributed by atoms with Crippen LogP contribution >= 0.6 is 11.6 Å². The van der Waals surface area contributed by atoms with Gasteiger partial charge in [-0.1, -0.05) is 29.8 Å². The molecule has 2 saturated heterocycles. The quantitative estimate of drug-likeness (QED) is 0.742. The van der Waals surface area contributed by atoms with E-state index in [2.05, 4.69) is 14.8 Å². The van der Waals surface area contributed by atoms with E-state index in [0.29, 0.717) is 18.1 Å². The maximum Gasteiger partial charge on any atom is 0.246 e. The molecule has 0 N–H and O–H groups in total. The summed E-state index contributed by atoms with van der Waals surface area (Å²) in [5.74, 6) is 1.77. The molecule has 2 fully saturated rings. The van der Waals surface area contributed by atoms with Gasteiger partial charge in [-0.25, -0.2) is 4.98 Å². The molecule has 0 saturated carbocycles. The third-order valence-corrected chi connectivity index (χ3v) is 5.59. The average Bonchev–Trinajstić information content (AvgIpc) is 3.28. The van der Waals surface area contributed by atoms with Gasteiger partial charge in [-0.2, -0.15) is 4.98 Å². The number of hydrogen-bond acceptors (Lipinski definition) is 5. The number of hydrogen-bond donors (Lipinski definition) is 0. The Morgan fingerprint density at radius 3 is 2.46 bits per heavy atom. The standard InChI is InChI=1S/C21H24ClN5O/c22-18-6-2-1-5-17(18)7-8-20(28)26-15-13-25(14-16-26)19-9-10-23-21(24-19)27-11-3-4-12-27/h1-2,5-10H,3-4,11-16H2/b8-7+. The largest absolute Gasteiger partial charge is 0.353 e. The maximum absolute atomic E-state index is 12.5. The lowest BCUT2D eigenvalue weighted by molar-refractivity contribution is -0.126. The van der Waals surface area contributed by atoms with Crippen molar-refractivity contribution in [1.29, 1.82) is 0 Å². The zero-order valence-electron chi connectivity index (χ0n) is 15.8. The van der Waals surface area contributed by atoms with E-state index in [9.17, 15) is 4.79 Å². The number of carbonyl (C=O) groups excluding carboxylic acids is 1. The molecule has 1 aromatic heterocycles. The van der Waals surface area contributed by atoms with E-state index in [1.165, 1.54) is 12.8 Å². The normalized spacial score (nSPS) is 17.5. The Balaban J connectivity index is 1.35. The first-order chi connectivity index (χ1) is 13.7. The number of aromatic nitrogens is 2. The lowest BCUT2D eigenvalue weighted by Gasteiger charge is -2.35. The fourth-order valence-electron chi connectivity index (χ4n) is 3.62. The van der Waals surface area contributed by atoms with Gasteiger partial charge in [-0.3, -0.25) is 4.79 Å². The minimum Gasteiger partial charge on any atom is -0.353 e. The van der Waals surface area contributed by atoms with Crippen molar-refractivity contribution in [3.63, 3.8) is 0 Å². The zero-order valence-corrected chi connectivity index (χ0v) is 16.6. The Bertz CT molecular complexity index is 857. The smallest absolute Gasteiger partial charge is 0.246 e. The fourth-order valence-corrected chi connectivity index (χ4v) is 3.82. The van der Waals surface area contributed by atoms with Gasteiger partial charge in [0.05, 0.1) is 0 Å². The molecule has 0 atom stereocenters. The summed E-state index contributed by atoms with van der Waals surface area (Å²) in [4.78, 5) is 28.0. The lowest BCUT2D eigenvalue weighted by atomic mass is 10.2. The number of nitrogens with zero attached hydrogens (tertiary/aromatic N) is 5. The van der Waals surface area contributed by atoms with Gasteiger partial charge in [0.15, 0.2) is 0 Å². The SMILES string of the molecule is O=C(/C=C/c1ccccc1Cl)N1CCN(c2ccnc(N3CCCC3)n2)CC1. The molecule has 28 heavy (non-hydrogen) atoms. The van der Waals surface area contributed by atoms with Crippen LogP contribution in [0.2, 0.25) is 5.02 Å². The van der Waals surface area contributed by atoms with E-state index in [0.717, 1.165) is 43.5 Å². The van der Waals surface area contributed by atoms with Gasteiger partial charge in [-0.15, -0.1) is 0 Å². The van der Waals surface area contributed by atoms with Crippen molar-refractivity contribution >= 4 is 35.4 Å². The molecule has 6 nitrogen and oxygen atoms in total. The molecule has 1 aromatic carbocycles. The number of benzene rings is 1. The monoisotopic (exact) mass is 397 g/mol. The van der Waals surface area contributed by atoms with Crippen LogP contribution in [0, 0.1) is 0 Å². The van der Waals surface area contributed by atoms with Crippen LogP contribution in [-0.4, -0.2) is 60.0 Å². The number of amides is 1. The van der Waals surface area contributed by atoms with Crippen molar-refractivity contribution in [3.05, 3.63) is 53.2 Å². The second kappa shape index (κ2) is 8.61. The third kappa shape index (κ3) is 4.28. The van der Waals surface area contributed by atoms with Crippen LogP contribution in [0.3, 0.4) is 0 Å². The highest BCUT2D eigenvalue weighted by molar-refractivity contribution is 6.32. The van der Waals surface area contributed by atoms with E-state index in [1.54, 1.807) is 12.2 Å². The maximum atomic E-state index is 12.5. The Labute approximate surface area is 170 Å². The van der Waals surface area contributed by atoms with Crippen molar-refractivity contribution in [2.75, 3.05) is 49.1 Å². The van der Waals surface area contributed by atoms with Gasteiger partial charge < -0.3 is 14.7 Å². The number of rotatable bonds is 4. The Hall–Kier alpha value is -2.60. The van der Waals surface area contributed by atoms with Crippen molar-refractivity contribution in [1.82, 2.24) is 14.9 Å². The molecule has 2 aliphatic heterocycles. The molecular formula is C21H24ClN5O. The van der Waals surface area contributed by atoms with Crippen molar-refractivity contribution < 1.29 is 4.79 Å².